The predicted octanol–water partition coefficient (Wildman–Crippen LogP) is 0.743. The van der Waals surface area contributed by atoms with Crippen molar-refractivity contribution in [2.24, 2.45) is 15.9 Å². The summed E-state index contributed by atoms with van der Waals surface area (Å²) in [5.41, 5.74) is 8.29. The van der Waals surface area contributed by atoms with Gasteiger partial charge in [0.25, 0.3) is 0 Å². The summed E-state index contributed by atoms with van der Waals surface area (Å²) in [5, 5.41) is 9.00. The molecule has 0 aromatic rings. The quantitative estimate of drug-likeness (QED) is 0.399. The molecule has 0 saturated carbocycles. The van der Waals surface area contributed by atoms with E-state index >= 15 is 0 Å². The zero-order valence-corrected chi connectivity index (χ0v) is 8.89. The average Bonchev–Trinajstić information content (AvgIpc) is 2.26. The van der Waals surface area contributed by atoms with E-state index in [0.717, 1.165) is 19.3 Å². The van der Waals surface area contributed by atoms with Gasteiger partial charge in [-0.05, 0) is 12.5 Å². The second-order valence-electron chi connectivity index (χ2n) is 3.04. The number of amidine groups is 1. The molecule has 0 radical (unpaired) electrons. The predicted molar refractivity (Wildman–Crippen MR) is 59.7 cm³/mol. The lowest BCUT2D eigenvalue weighted by atomic mass is 10.3. The maximum Gasteiger partial charge on any atom is 0.307 e. The Bertz CT molecular complexity index is 261. The van der Waals surface area contributed by atoms with Crippen molar-refractivity contribution >= 4 is 12.2 Å². The maximum absolute atomic E-state index is 5.53. The summed E-state index contributed by atoms with van der Waals surface area (Å²) >= 11 is 0. The van der Waals surface area contributed by atoms with Crippen LogP contribution in [0.4, 0.5) is 0 Å². The number of hydrazone groups is 2. The van der Waals surface area contributed by atoms with Crippen molar-refractivity contribution in [3.05, 3.63) is 12.3 Å². The first-order valence-corrected chi connectivity index (χ1v) is 5.05. The highest BCUT2D eigenvalue weighted by molar-refractivity contribution is 5.72. The van der Waals surface area contributed by atoms with Gasteiger partial charge in [-0.1, -0.05) is 30.1 Å². The second-order valence-corrected chi connectivity index (χ2v) is 3.04. The summed E-state index contributed by atoms with van der Waals surface area (Å²) in [6.45, 7) is 2.73. The molecule has 0 aliphatic carbocycles. The molecule has 0 saturated heterocycles. The summed E-state index contributed by atoms with van der Waals surface area (Å²) in [6, 6.07) is 0.117. The van der Waals surface area contributed by atoms with Crippen molar-refractivity contribution in [2.45, 2.75) is 26.2 Å². The Labute approximate surface area is 89.4 Å². The molecule has 0 bridgehead atoms. The molecule has 6 nitrogen and oxygen atoms in total. The number of nitrogens with two attached hydrogens (primary N) is 1. The fraction of sp³-hybridized carbons (Fsp3) is 0.556. The van der Waals surface area contributed by atoms with Crippen LogP contribution in [0.1, 0.15) is 26.2 Å². The SMILES string of the molecule is CCCCCO/C(N)=N\N1N=CC=CN1. The Hall–Kier alpha value is -1.72. The third kappa shape index (κ3) is 4.90. The van der Waals surface area contributed by atoms with Gasteiger partial charge in [-0.25, -0.2) is 0 Å². The monoisotopic (exact) mass is 211 g/mol. The van der Waals surface area contributed by atoms with Crippen LogP contribution in [-0.2, 0) is 4.74 Å². The summed E-state index contributed by atoms with van der Waals surface area (Å²) in [4.78, 5) is 0. The Morgan fingerprint density at radius 2 is 2.47 bits per heavy atom. The second kappa shape index (κ2) is 6.69. The minimum Gasteiger partial charge on any atom is -0.464 e. The van der Waals surface area contributed by atoms with Crippen LogP contribution in [0, 0.1) is 0 Å². The van der Waals surface area contributed by atoms with Crippen LogP contribution in [0.15, 0.2) is 22.5 Å². The fourth-order valence-electron chi connectivity index (χ4n) is 0.993. The molecule has 0 amide bonds. The smallest absolute Gasteiger partial charge is 0.307 e. The van der Waals surface area contributed by atoms with Crippen LogP contribution in [0.3, 0.4) is 0 Å². The zero-order chi connectivity index (χ0) is 10.9. The first-order valence-electron chi connectivity index (χ1n) is 5.05. The van der Waals surface area contributed by atoms with Crippen LogP contribution in [0.2, 0.25) is 0 Å². The van der Waals surface area contributed by atoms with E-state index in [0.29, 0.717) is 6.61 Å². The van der Waals surface area contributed by atoms with Gasteiger partial charge in [-0.3, -0.25) is 5.43 Å². The molecule has 1 aliphatic rings. The molecule has 0 unspecified atom stereocenters. The summed E-state index contributed by atoms with van der Waals surface area (Å²) < 4.78 is 5.19. The van der Waals surface area contributed by atoms with E-state index in [1.54, 1.807) is 18.5 Å². The van der Waals surface area contributed by atoms with Gasteiger partial charge < -0.3 is 10.5 Å². The average molecular weight is 211 g/mol. The van der Waals surface area contributed by atoms with E-state index in [1.165, 1.54) is 5.23 Å². The van der Waals surface area contributed by atoms with E-state index in [2.05, 4.69) is 22.6 Å². The molecule has 6 heteroatoms. The number of nitrogens with zero attached hydrogens (tertiary/aromatic N) is 3. The van der Waals surface area contributed by atoms with Crippen LogP contribution in [0.5, 0.6) is 0 Å². The Morgan fingerprint density at radius 3 is 3.13 bits per heavy atom. The molecule has 15 heavy (non-hydrogen) atoms. The molecule has 0 aromatic carbocycles. The fourth-order valence-corrected chi connectivity index (χ4v) is 0.993. The number of hydrogen-bond donors (Lipinski definition) is 2. The van der Waals surface area contributed by atoms with E-state index in [1.807, 2.05) is 0 Å². The van der Waals surface area contributed by atoms with Crippen molar-refractivity contribution in [2.75, 3.05) is 6.61 Å². The molecule has 1 rings (SSSR count). The van der Waals surface area contributed by atoms with Crippen molar-refractivity contribution < 1.29 is 4.74 Å². The zero-order valence-electron chi connectivity index (χ0n) is 8.89. The number of unbranched alkanes of at least 4 members (excludes halogenated alkanes) is 2. The molecule has 84 valence electrons. The van der Waals surface area contributed by atoms with Crippen molar-refractivity contribution in [3.63, 3.8) is 0 Å². The number of nitrogens with one attached hydrogen (secondary N) is 1. The highest BCUT2D eigenvalue weighted by atomic mass is 16.5. The molecule has 1 heterocycles. The van der Waals surface area contributed by atoms with E-state index in [9.17, 15) is 0 Å². The summed E-state index contributed by atoms with van der Waals surface area (Å²) in [6.07, 6.45) is 8.33. The lowest BCUT2D eigenvalue weighted by Crippen LogP contribution is -2.30. The van der Waals surface area contributed by atoms with E-state index < -0.39 is 0 Å². The molecular weight excluding hydrogens is 194 g/mol. The lowest BCUT2D eigenvalue weighted by molar-refractivity contribution is 0.216. The van der Waals surface area contributed by atoms with E-state index in [4.69, 9.17) is 10.5 Å². The van der Waals surface area contributed by atoms with Crippen LogP contribution < -0.4 is 11.2 Å². The molecular formula is C9H17N5O. The number of rotatable bonds is 5. The molecule has 0 atom stereocenters. The van der Waals surface area contributed by atoms with Gasteiger partial charge in [0.1, 0.15) is 0 Å². The molecule has 0 fully saturated rings. The Kier molecular flexibility index (Phi) is 5.07. The van der Waals surface area contributed by atoms with Gasteiger partial charge in [0.15, 0.2) is 0 Å². The Balaban J connectivity index is 2.20. The molecule has 0 aromatic heterocycles. The van der Waals surface area contributed by atoms with Gasteiger partial charge in [0.05, 0.1) is 12.8 Å². The largest absolute Gasteiger partial charge is 0.464 e. The third-order valence-corrected chi connectivity index (χ3v) is 1.74. The van der Waals surface area contributed by atoms with Gasteiger partial charge in [0, 0.05) is 6.20 Å². The van der Waals surface area contributed by atoms with Crippen molar-refractivity contribution in [3.8, 4) is 0 Å². The summed E-state index contributed by atoms with van der Waals surface area (Å²) in [7, 11) is 0. The molecule has 3 N–H and O–H groups in total. The van der Waals surface area contributed by atoms with Gasteiger partial charge >= 0.3 is 6.02 Å². The number of hydrogen-bond acceptors (Lipinski definition) is 5. The maximum atomic E-state index is 5.53. The first kappa shape index (κ1) is 11.4. The van der Waals surface area contributed by atoms with Gasteiger partial charge in [-0.2, -0.15) is 0 Å². The van der Waals surface area contributed by atoms with Crippen LogP contribution in [0.25, 0.3) is 0 Å². The highest BCUT2D eigenvalue weighted by Crippen LogP contribution is 1.95. The molecule has 0 spiro atoms. The topological polar surface area (TPSA) is 75.2 Å². The van der Waals surface area contributed by atoms with Gasteiger partial charge in [-0.15, -0.1) is 5.10 Å². The number of hydrazine groups is 1. The summed E-state index contributed by atoms with van der Waals surface area (Å²) in [5.74, 6) is 0. The van der Waals surface area contributed by atoms with Crippen LogP contribution in [-0.4, -0.2) is 24.1 Å². The van der Waals surface area contributed by atoms with Gasteiger partial charge in [0.2, 0.25) is 0 Å². The minimum atomic E-state index is 0.117. The number of allylic oxidation sites excluding steroid dienone is 1. The van der Waals surface area contributed by atoms with Crippen LogP contribution >= 0.6 is 0 Å². The minimum absolute atomic E-state index is 0.117. The Morgan fingerprint density at radius 1 is 1.60 bits per heavy atom. The number of ether oxygens (including phenoxy) is 1. The lowest BCUT2D eigenvalue weighted by Gasteiger charge is -2.14. The van der Waals surface area contributed by atoms with Crippen molar-refractivity contribution in [1.29, 1.82) is 0 Å². The highest BCUT2D eigenvalue weighted by Gasteiger charge is 1.99. The van der Waals surface area contributed by atoms with Crippen molar-refractivity contribution in [1.82, 2.24) is 10.7 Å². The molecule has 1 aliphatic heterocycles. The first-order chi connectivity index (χ1) is 7.33. The van der Waals surface area contributed by atoms with E-state index in [-0.39, 0.29) is 6.02 Å². The standard InChI is InChI=1S/C9H17N5O/c1-2-3-4-8-15-9(10)13-14-11-6-5-7-12-14/h5-7,11H,2-4,8H2,1H3,(H2,10,13). The third-order valence-electron chi connectivity index (χ3n) is 1.74. The normalized spacial score (nSPS) is 15.3.